The van der Waals surface area contributed by atoms with Gasteiger partial charge in [-0.25, -0.2) is 0 Å². The van der Waals surface area contributed by atoms with E-state index in [0.717, 1.165) is 38.8 Å². The average Bonchev–Trinajstić information content (AvgIpc) is 2.74. The van der Waals surface area contributed by atoms with Gasteiger partial charge in [0.05, 0.1) is 20.7 Å². The quantitative estimate of drug-likeness (QED) is 0.868. The molecule has 116 valence electrons. The van der Waals surface area contributed by atoms with Crippen LogP contribution in [0, 0.1) is 0 Å². The van der Waals surface area contributed by atoms with Gasteiger partial charge in [0, 0.05) is 18.8 Å². The summed E-state index contributed by atoms with van der Waals surface area (Å²) in [5.41, 5.74) is 6.16. The van der Waals surface area contributed by atoms with E-state index in [4.69, 9.17) is 17.3 Å². The van der Waals surface area contributed by atoms with Gasteiger partial charge in [-0.1, -0.05) is 24.4 Å². The zero-order chi connectivity index (χ0) is 15.4. The number of amides is 1. The molecule has 0 bridgehead atoms. The van der Waals surface area contributed by atoms with E-state index in [1.54, 1.807) is 25.1 Å². The van der Waals surface area contributed by atoms with Crippen LogP contribution in [0.3, 0.4) is 0 Å². The summed E-state index contributed by atoms with van der Waals surface area (Å²) in [5, 5.41) is -0.243. The average molecular weight is 329 g/mol. The molecule has 0 radical (unpaired) electrons. The number of nitrogens with two attached hydrogens (primary N) is 1. The van der Waals surface area contributed by atoms with Crippen LogP contribution in [0.4, 0.5) is 5.69 Å². The Labute approximate surface area is 133 Å². The molecular formula is C15H21ClN2O2S. The zero-order valence-electron chi connectivity index (χ0n) is 12.2. The van der Waals surface area contributed by atoms with Crippen molar-refractivity contribution in [3.8, 4) is 0 Å². The lowest BCUT2D eigenvalue weighted by Gasteiger charge is -2.24. The highest BCUT2D eigenvalue weighted by molar-refractivity contribution is 7.86. The van der Waals surface area contributed by atoms with E-state index in [1.165, 1.54) is 0 Å². The Hall–Kier alpha value is -1.07. The Bertz CT molecular complexity index is 542. The van der Waals surface area contributed by atoms with Gasteiger partial charge >= 0.3 is 0 Å². The maximum Gasteiger partial charge on any atom is 0.238 e. The summed E-state index contributed by atoms with van der Waals surface area (Å²) < 4.78 is 12.6. The van der Waals surface area contributed by atoms with E-state index in [-0.39, 0.29) is 5.91 Å². The number of carbonyl (C=O) groups excluding carboxylic acids is 1. The molecule has 2 rings (SSSR count). The number of rotatable bonds is 3. The van der Waals surface area contributed by atoms with Crippen molar-refractivity contribution in [3.63, 3.8) is 0 Å². The Morgan fingerprint density at radius 3 is 2.48 bits per heavy atom. The van der Waals surface area contributed by atoms with Crippen molar-refractivity contribution >= 4 is 34.0 Å². The first-order valence-electron chi connectivity index (χ1n) is 7.25. The molecule has 6 heteroatoms. The lowest BCUT2D eigenvalue weighted by Crippen LogP contribution is -2.40. The first-order chi connectivity index (χ1) is 10.0. The second-order valence-corrected chi connectivity index (χ2v) is 7.52. The van der Waals surface area contributed by atoms with Crippen molar-refractivity contribution in [1.29, 1.82) is 0 Å². The molecule has 1 aromatic rings. The maximum absolute atomic E-state index is 12.6. The maximum atomic E-state index is 12.6. The number of hydrogen-bond donors (Lipinski definition) is 1. The second-order valence-electron chi connectivity index (χ2n) is 5.37. The molecule has 0 aromatic heterocycles. The summed E-state index contributed by atoms with van der Waals surface area (Å²) in [5.74, 6) is -0.0527. The number of likely N-dealkylation sites (tertiary alicyclic amines) is 1. The predicted octanol–water partition coefficient (Wildman–Crippen LogP) is 2.82. The van der Waals surface area contributed by atoms with Gasteiger partial charge in [-0.15, -0.1) is 0 Å². The minimum atomic E-state index is -1.46. The zero-order valence-corrected chi connectivity index (χ0v) is 13.8. The second kappa shape index (κ2) is 7.27. The molecule has 0 saturated carbocycles. The van der Waals surface area contributed by atoms with Crippen LogP contribution in [0.2, 0.25) is 5.02 Å². The third kappa shape index (κ3) is 3.98. The topological polar surface area (TPSA) is 63.4 Å². The fraction of sp³-hybridized carbons (Fsp3) is 0.533. The molecule has 1 fully saturated rings. The standard InChI is InChI=1S/C15H21ClN2O2S/c1-11(15(19)18-8-4-2-3-5-9-18)21(20)14-7-6-12(17)10-13(14)16/h6-7,10-11H,2-5,8-9,17H2,1H3. The molecule has 2 N–H and O–H groups in total. The molecule has 4 nitrogen and oxygen atoms in total. The van der Waals surface area contributed by atoms with E-state index in [0.29, 0.717) is 15.6 Å². The Morgan fingerprint density at radius 1 is 1.29 bits per heavy atom. The van der Waals surface area contributed by atoms with Gasteiger partial charge in [-0.05, 0) is 38.0 Å². The summed E-state index contributed by atoms with van der Waals surface area (Å²) in [6, 6.07) is 4.86. The van der Waals surface area contributed by atoms with Crippen LogP contribution in [0.25, 0.3) is 0 Å². The van der Waals surface area contributed by atoms with Gasteiger partial charge < -0.3 is 10.6 Å². The normalized spacial score (nSPS) is 18.9. The van der Waals surface area contributed by atoms with E-state index in [1.807, 2.05) is 4.90 Å². The van der Waals surface area contributed by atoms with E-state index >= 15 is 0 Å². The van der Waals surface area contributed by atoms with Crippen LogP contribution in [0.1, 0.15) is 32.6 Å². The van der Waals surface area contributed by atoms with Crippen molar-refractivity contribution in [3.05, 3.63) is 23.2 Å². The van der Waals surface area contributed by atoms with Crippen LogP contribution in [0.5, 0.6) is 0 Å². The van der Waals surface area contributed by atoms with Gasteiger partial charge in [-0.3, -0.25) is 9.00 Å². The smallest absolute Gasteiger partial charge is 0.238 e. The summed E-state index contributed by atoms with van der Waals surface area (Å²) in [6.45, 7) is 3.22. The first kappa shape index (κ1) is 16.3. The van der Waals surface area contributed by atoms with E-state index in [2.05, 4.69) is 0 Å². The number of anilines is 1. The molecule has 1 aliphatic rings. The molecule has 0 spiro atoms. The lowest BCUT2D eigenvalue weighted by atomic mass is 10.2. The highest BCUT2D eigenvalue weighted by Gasteiger charge is 2.27. The van der Waals surface area contributed by atoms with Crippen LogP contribution in [0.15, 0.2) is 23.1 Å². The molecule has 2 unspecified atom stereocenters. The van der Waals surface area contributed by atoms with Crippen molar-refractivity contribution < 1.29 is 9.00 Å². The number of benzene rings is 1. The number of carbonyl (C=O) groups is 1. The SMILES string of the molecule is CC(C(=O)N1CCCCCC1)S(=O)c1ccc(N)cc1Cl. The van der Waals surface area contributed by atoms with Crippen LogP contribution >= 0.6 is 11.6 Å². The fourth-order valence-corrected chi connectivity index (χ4v) is 4.09. The summed E-state index contributed by atoms with van der Waals surface area (Å²) in [6.07, 6.45) is 4.36. The number of nitrogens with zero attached hydrogens (tertiary/aromatic N) is 1. The predicted molar refractivity (Wildman–Crippen MR) is 86.8 cm³/mol. The lowest BCUT2D eigenvalue weighted by molar-refractivity contribution is -0.130. The molecule has 1 amide bonds. The van der Waals surface area contributed by atoms with Crippen LogP contribution < -0.4 is 5.73 Å². The van der Waals surface area contributed by atoms with Crippen molar-refractivity contribution in [1.82, 2.24) is 4.90 Å². The van der Waals surface area contributed by atoms with Crippen LogP contribution in [-0.4, -0.2) is 33.4 Å². The van der Waals surface area contributed by atoms with Crippen molar-refractivity contribution in [2.45, 2.75) is 42.8 Å². The summed E-state index contributed by atoms with van der Waals surface area (Å²) >= 11 is 6.09. The Balaban J connectivity index is 2.12. The van der Waals surface area contributed by atoms with Gasteiger partial charge in [0.15, 0.2) is 0 Å². The van der Waals surface area contributed by atoms with Crippen molar-refractivity contribution in [2.24, 2.45) is 0 Å². The Morgan fingerprint density at radius 2 is 1.90 bits per heavy atom. The third-order valence-electron chi connectivity index (χ3n) is 3.76. The minimum Gasteiger partial charge on any atom is -0.399 e. The first-order valence-corrected chi connectivity index (χ1v) is 8.84. The minimum absolute atomic E-state index is 0.0527. The number of nitrogen functional groups attached to an aromatic ring is 1. The molecular weight excluding hydrogens is 308 g/mol. The molecule has 1 aromatic carbocycles. The largest absolute Gasteiger partial charge is 0.399 e. The van der Waals surface area contributed by atoms with Crippen molar-refractivity contribution in [2.75, 3.05) is 18.8 Å². The monoisotopic (exact) mass is 328 g/mol. The third-order valence-corrected chi connectivity index (χ3v) is 5.82. The summed E-state index contributed by atoms with van der Waals surface area (Å²) in [4.78, 5) is 14.8. The highest BCUT2D eigenvalue weighted by Crippen LogP contribution is 2.25. The fourth-order valence-electron chi connectivity index (χ4n) is 2.51. The Kier molecular flexibility index (Phi) is 5.65. The molecule has 1 aliphatic heterocycles. The van der Waals surface area contributed by atoms with E-state index < -0.39 is 16.0 Å². The van der Waals surface area contributed by atoms with Gasteiger partial charge in [-0.2, -0.15) is 0 Å². The van der Waals surface area contributed by atoms with E-state index in [9.17, 15) is 9.00 Å². The van der Waals surface area contributed by atoms with Crippen LogP contribution in [-0.2, 0) is 15.6 Å². The molecule has 2 atom stereocenters. The number of halogens is 1. The molecule has 21 heavy (non-hydrogen) atoms. The van der Waals surface area contributed by atoms with Gasteiger partial charge in [0.1, 0.15) is 5.25 Å². The molecule has 1 heterocycles. The molecule has 0 aliphatic carbocycles. The summed E-state index contributed by atoms with van der Waals surface area (Å²) in [7, 11) is -1.46. The van der Waals surface area contributed by atoms with Gasteiger partial charge in [0.25, 0.3) is 0 Å². The number of hydrogen-bond acceptors (Lipinski definition) is 3. The molecule has 1 saturated heterocycles. The van der Waals surface area contributed by atoms with Gasteiger partial charge in [0.2, 0.25) is 5.91 Å². The highest BCUT2D eigenvalue weighted by atomic mass is 35.5.